The molecule has 0 bridgehead atoms. The van der Waals surface area contributed by atoms with Crippen LogP contribution in [0.3, 0.4) is 0 Å². The number of nitrogens with two attached hydrogens (primary N) is 1. The zero-order chi connectivity index (χ0) is 18.0. The molecule has 0 saturated carbocycles. The average Bonchev–Trinajstić information content (AvgIpc) is 2.58. The van der Waals surface area contributed by atoms with Gasteiger partial charge in [0.2, 0.25) is 0 Å². The summed E-state index contributed by atoms with van der Waals surface area (Å²) in [4.78, 5) is 14.4. The number of alkyl halides is 1. The van der Waals surface area contributed by atoms with Crippen LogP contribution in [0.5, 0.6) is 0 Å². The van der Waals surface area contributed by atoms with Gasteiger partial charge in [-0.1, -0.05) is 29.4 Å². The Hall–Kier alpha value is -2.14. The van der Waals surface area contributed by atoms with E-state index >= 15 is 0 Å². The Balaban J connectivity index is 1.86. The fraction of sp³-hybridized carbons (Fsp3) is 0.421. The third kappa shape index (κ3) is 3.93. The van der Waals surface area contributed by atoms with Gasteiger partial charge in [0.25, 0.3) is 11.7 Å². The maximum Gasteiger partial charge on any atom is 0.293 e. The smallest absolute Gasteiger partial charge is 0.293 e. The summed E-state index contributed by atoms with van der Waals surface area (Å²) in [6.45, 7) is 5.59. The molecule has 0 atom stereocenters. The van der Waals surface area contributed by atoms with Crippen LogP contribution in [-0.2, 0) is 11.3 Å². The molecule has 1 aromatic carbocycles. The number of hydrogen-bond acceptors (Lipinski definition) is 3. The Bertz CT molecular complexity index is 785. The third-order valence-corrected chi connectivity index (χ3v) is 5.16. The summed E-state index contributed by atoms with van der Waals surface area (Å²) < 4.78 is 1.60. The molecule has 2 heterocycles. The molecule has 1 aromatic heterocycles. The van der Waals surface area contributed by atoms with Gasteiger partial charge in [-0.25, -0.2) is 0 Å². The van der Waals surface area contributed by atoms with Crippen molar-refractivity contribution in [3.05, 3.63) is 41.5 Å². The highest BCUT2D eigenvalue weighted by atomic mass is 35.5. The second-order valence-corrected chi connectivity index (χ2v) is 7.25. The quantitative estimate of drug-likeness (QED) is 0.676. The number of nitrogens with zero attached hydrogens (tertiary/aromatic N) is 3. The van der Waals surface area contributed by atoms with Crippen LogP contribution in [0.1, 0.15) is 24.0 Å². The third-order valence-electron chi connectivity index (χ3n) is 4.72. The van der Waals surface area contributed by atoms with Gasteiger partial charge in [0.1, 0.15) is 5.69 Å². The number of halogens is 1. The summed E-state index contributed by atoms with van der Waals surface area (Å²) in [5.41, 5.74) is 10.2. The number of nitrogen functional groups attached to an aromatic ring is 1. The molecule has 0 spiro atoms. The van der Waals surface area contributed by atoms with Crippen molar-refractivity contribution in [2.24, 2.45) is 0 Å². The largest absolute Gasteiger partial charge is 0.339 e. The number of carbonyl (C=O) groups is 1. The molecule has 2 N–H and O–H groups in total. The van der Waals surface area contributed by atoms with Crippen molar-refractivity contribution in [2.45, 2.75) is 38.6 Å². The molecule has 6 heteroatoms. The van der Waals surface area contributed by atoms with Crippen molar-refractivity contribution in [2.75, 3.05) is 18.8 Å². The van der Waals surface area contributed by atoms with E-state index in [4.69, 9.17) is 17.3 Å². The number of aromatic nitrogens is 2. The van der Waals surface area contributed by atoms with Crippen LogP contribution in [0, 0.1) is 13.8 Å². The fourth-order valence-electron chi connectivity index (χ4n) is 3.18. The summed E-state index contributed by atoms with van der Waals surface area (Å²) in [6, 6.07) is 9.97. The number of amides is 1. The van der Waals surface area contributed by atoms with E-state index in [0.29, 0.717) is 18.9 Å². The van der Waals surface area contributed by atoms with E-state index in [1.54, 1.807) is 4.68 Å². The lowest BCUT2D eigenvalue weighted by atomic mass is 10.0. The topological polar surface area (TPSA) is 63.1 Å². The SMILES string of the molecule is Cc1ccccc1-c1n[n+](CC(=O)N2CCC(Cl)CC2)c(N)cc1C. The molecule has 3 rings (SSSR count). The maximum atomic E-state index is 12.6. The first kappa shape index (κ1) is 17.7. The monoisotopic (exact) mass is 359 g/mol. The van der Waals surface area contributed by atoms with E-state index in [0.717, 1.165) is 35.2 Å². The zero-order valence-electron chi connectivity index (χ0n) is 14.7. The summed E-state index contributed by atoms with van der Waals surface area (Å²) in [7, 11) is 0. The van der Waals surface area contributed by atoms with Crippen LogP contribution in [0.2, 0.25) is 0 Å². The van der Waals surface area contributed by atoms with Gasteiger partial charge in [-0.3, -0.25) is 10.5 Å². The maximum absolute atomic E-state index is 12.6. The van der Waals surface area contributed by atoms with Crippen LogP contribution in [-0.4, -0.2) is 34.4 Å². The Kier molecular flexibility index (Phi) is 5.23. The van der Waals surface area contributed by atoms with Crippen LogP contribution in [0.4, 0.5) is 5.82 Å². The minimum Gasteiger partial charge on any atom is -0.339 e. The minimum absolute atomic E-state index is 0.0346. The van der Waals surface area contributed by atoms with E-state index in [2.05, 4.69) is 18.1 Å². The zero-order valence-corrected chi connectivity index (χ0v) is 15.5. The van der Waals surface area contributed by atoms with Crippen molar-refractivity contribution in [1.29, 1.82) is 0 Å². The molecule has 1 amide bonds. The fourth-order valence-corrected chi connectivity index (χ4v) is 3.37. The van der Waals surface area contributed by atoms with E-state index in [1.165, 1.54) is 0 Å². The van der Waals surface area contributed by atoms with Crippen molar-refractivity contribution in [3.63, 3.8) is 0 Å². The highest BCUT2D eigenvalue weighted by Crippen LogP contribution is 2.24. The van der Waals surface area contributed by atoms with Crippen LogP contribution < -0.4 is 10.4 Å². The molecule has 5 nitrogen and oxygen atoms in total. The number of likely N-dealkylation sites (tertiary alicyclic amines) is 1. The Morgan fingerprint density at radius 3 is 2.64 bits per heavy atom. The number of hydrogen-bond donors (Lipinski definition) is 1. The summed E-state index contributed by atoms with van der Waals surface area (Å²) in [5, 5.41) is 4.84. The van der Waals surface area contributed by atoms with Gasteiger partial charge < -0.3 is 4.90 Å². The highest BCUT2D eigenvalue weighted by Gasteiger charge is 2.24. The molecule has 1 fully saturated rings. The van der Waals surface area contributed by atoms with Gasteiger partial charge in [-0.2, -0.15) is 0 Å². The van der Waals surface area contributed by atoms with Gasteiger partial charge in [0.05, 0.1) is 0 Å². The molecule has 1 aliphatic heterocycles. The van der Waals surface area contributed by atoms with Gasteiger partial charge in [-0.05, 0) is 37.8 Å². The van der Waals surface area contributed by atoms with Crippen molar-refractivity contribution < 1.29 is 9.48 Å². The number of benzene rings is 1. The van der Waals surface area contributed by atoms with E-state index < -0.39 is 0 Å². The molecule has 0 aliphatic carbocycles. The standard InChI is InChI=1S/C19H23ClN4O/c1-13-5-3-4-6-16(13)19-14(2)11-17(21)24(22-19)12-18(25)23-9-7-15(20)8-10-23/h3-6,11,15,21H,7-10,12H2,1-2H3/p+1. The second kappa shape index (κ2) is 7.40. The van der Waals surface area contributed by atoms with Crippen molar-refractivity contribution >= 4 is 23.3 Å². The molecule has 0 unspecified atom stereocenters. The molecule has 25 heavy (non-hydrogen) atoms. The molecule has 1 saturated heterocycles. The highest BCUT2D eigenvalue weighted by molar-refractivity contribution is 6.20. The van der Waals surface area contributed by atoms with Crippen LogP contribution >= 0.6 is 11.6 Å². The number of rotatable bonds is 3. The Morgan fingerprint density at radius 1 is 1.28 bits per heavy atom. The second-order valence-electron chi connectivity index (χ2n) is 6.63. The predicted octanol–water partition coefficient (Wildman–Crippen LogP) is 2.46. The van der Waals surface area contributed by atoms with Crippen LogP contribution in [0.15, 0.2) is 30.3 Å². The summed E-state index contributed by atoms with van der Waals surface area (Å²) in [5.74, 6) is 0.530. The normalized spacial score (nSPS) is 15.4. The lowest BCUT2D eigenvalue weighted by Gasteiger charge is -2.28. The molecular weight excluding hydrogens is 336 g/mol. The number of aryl methyl sites for hydroxylation is 2. The molecule has 2 aromatic rings. The first-order valence-electron chi connectivity index (χ1n) is 8.61. The molecule has 0 radical (unpaired) electrons. The molecular formula is C19H24ClN4O+. The number of anilines is 1. The summed E-state index contributed by atoms with van der Waals surface area (Å²) >= 11 is 6.12. The van der Waals surface area contributed by atoms with Crippen molar-refractivity contribution in [1.82, 2.24) is 10.00 Å². The van der Waals surface area contributed by atoms with E-state index in [1.807, 2.05) is 36.1 Å². The molecule has 1 aliphatic rings. The first-order chi connectivity index (χ1) is 12.0. The summed E-state index contributed by atoms with van der Waals surface area (Å²) in [6.07, 6.45) is 1.67. The van der Waals surface area contributed by atoms with E-state index in [9.17, 15) is 4.79 Å². The van der Waals surface area contributed by atoms with Crippen LogP contribution in [0.25, 0.3) is 11.3 Å². The van der Waals surface area contributed by atoms with Crippen molar-refractivity contribution in [3.8, 4) is 11.3 Å². The number of carbonyl (C=O) groups excluding carboxylic acids is 1. The lowest BCUT2D eigenvalue weighted by molar-refractivity contribution is -0.728. The molecule has 132 valence electrons. The van der Waals surface area contributed by atoms with Gasteiger partial charge in [-0.15, -0.1) is 16.3 Å². The van der Waals surface area contributed by atoms with Gasteiger partial charge in [0, 0.05) is 30.1 Å². The minimum atomic E-state index is 0.0346. The Labute approximate surface area is 153 Å². The Morgan fingerprint density at radius 2 is 1.96 bits per heavy atom. The van der Waals surface area contributed by atoms with Gasteiger partial charge >= 0.3 is 0 Å². The first-order valence-corrected chi connectivity index (χ1v) is 9.04. The van der Waals surface area contributed by atoms with E-state index in [-0.39, 0.29) is 17.8 Å². The number of piperidine rings is 1. The lowest BCUT2D eigenvalue weighted by Crippen LogP contribution is -2.50. The van der Waals surface area contributed by atoms with Gasteiger partial charge in [0.15, 0.2) is 6.54 Å². The average molecular weight is 360 g/mol. The predicted molar refractivity (Wildman–Crippen MR) is 99.2 cm³/mol.